The van der Waals surface area contributed by atoms with Crippen LogP contribution in [0.5, 0.6) is 5.75 Å². The van der Waals surface area contributed by atoms with Crippen molar-refractivity contribution in [2.75, 3.05) is 13.7 Å². The molecule has 1 saturated heterocycles. The van der Waals surface area contributed by atoms with Gasteiger partial charge in [0.25, 0.3) is 11.9 Å². The summed E-state index contributed by atoms with van der Waals surface area (Å²) in [6, 6.07) is 5.97. The first-order valence-corrected chi connectivity index (χ1v) is 5.09. The summed E-state index contributed by atoms with van der Waals surface area (Å²) in [5, 5.41) is 0. The van der Waals surface area contributed by atoms with Crippen LogP contribution in [0.3, 0.4) is 0 Å². The van der Waals surface area contributed by atoms with Crippen molar-refractivity contribution in [3.63, 3.8) is 0 Å². The molecule has 1 aromatic carbocycles. The molecule has 2 rings (SSSR count). The highest BCUT2D eigenvalue weighted by molar-refractivity contribution is 6.00. The van der Waals surface area contributed by atoms with Crippen molar-refractivity contribution >= 4 is 17.6 Å². The van der Waals surface area contributed by atoms with E-state index in [1.165, 1.54) is 30.1 Å². The fourth-order valence-electron chi connectivity index (χ4n) is 1.37. The minimum atomic E-state index is -2.89. The molecule has 0 N–H and O–H groups in total. The monoisotopic (exact) mass is 256 g/mol. The van der Waals surface area contributed by atoms with Gasteiger partial charge in [-0.25, -0.2) is 0 Å². The predicted octanol–water partition coefficient (Wildman–Crippen LogP) is 1.76. The second-order valence-corrected chi connectivity index (χ2v) is 3.51. The highest BCUT2D eigenvalue weighted by Gasteiger charge is 2.25. The van der Waals surface area contributed by atoms with Crippen molar-refractivity contribution in [1.29, 1.82) is 0 Å². The van der Waals surface area contributed by atoms with Gasteiger partial charge in [0.1, 0.15) is 5.75 Å². The second-order valence-electron chi connectivity index (χ2n) is 3.51. The zero-order valence-electron chi connectivity index (χ0n) is 9.47. The number of ether oxygens (including phenoxy) is 2. The van der Waals surface area contributed by atoms with Gasteiger partial charge in [0.2, 0.25) is 0 Å². The third-order valence-corrected chi connectivity index (χ3v) is 2.25. The summed E-state index contributed by atoms with van der Waals surface area (Å²) in [7, 11) is 1.52. The Morgan fingerprint density at radius 3 is 2.89 bits per heavy atom. The van der Waals surface area contributed by atoms with E-state index in [0.717, 1.165) is 0 Å². The van der Waals surface area contributed by atoms with Gasteiger partial charge in [-0.2, -0.15) is 13.8 Å². The van der Waals surface area contributed by atoms with Crippen molar-refractivity contribution in [2.45, 2.75) is 6.61 Å². The zero-order valence-corrected chi connectivity index (χ0v) is 9.47. The van der Waals surface area contributed by atoms with E-state index in [1.54, 1.807) is 6.07 Å². The van der Waals surface area contributed by atoms with Crippen molar-refractivity contribution < 1.29 is 23.0 Å². The number of aliphatic imine (C=N–C) groups is 1. The standard InChI is InChI=1S/C11H10F2N2O3/c1-15-9(16)6-17-11(15)14-7-3-2-4-8(5-7)18-10(12)13/h2-5,10H,6H2,1H3. The molecule has 1 heterocycles. The molecule has 1 aliphatic heterocycles. The molecule has 0 spiro atoms. The Balaban J connectivity index is 2.19. The summed E-state index contributed by atoms with van der Waals surface area (Å²) >= 11 is 0. The van der Waals surface area contributed by atoms with Crippen LogP contribution in [0.15, 0.2) is 29.3 Å². The predicted molar refractivity (Wildman–Crippen MR) is 58.9 cm³/mol. The van der Waals surface area contributed by atoms with E-state index >= 15 is 0 Å². The Labute approximate surface area is 102 Å². The van der Waals surface area contributed by atoms with Gasteiger partial charge in [-0.1, -0.05) is 6.07 Å². The molecule has 1 aromatic rings. The molecule has 1 aliphatic rings. The number of amidine groups is 1. The summed E-state index contributed by atoms with van der Waals surface area (Å²) in [4.78, 5) is 16.5. The molecule has 0 atom stereocenters. The number of rotatable bonds is 3. The number of likely N-dealkylation sites (N-methyl/N-ethyl adjacent to an activating group) is 1. The third kappa shape index (κ3) is 2.73. The van der Waals surface area contributed by atoms with Crippen molar-refractivity contribution in [3.8, 4) is 5.75 Å². The molecule has 96 valence electrons. The quantitative estimate of drug-likeness (QED) is 0.828. The lowest BCUT2D eigenvalue weighted by Gasteiger charge is -2.07. The first-order valence-electron chi connectivity index (χ1n) is 5.09. The number of halogens is 2. The van der Waals surface area contributed by atoms with Crippen molar-refractivity contribution in [2.24, 2.45) is 4.99 Å². The molecule has 0 unspecified atom stereocenters. The largest absolute Gasteiger partial charge is 0.454 e. The molecule has 0 aliphatic carbocycles. The summed E-state index contributed by atoms with van der Waals surface area (Å²) < 4.78 is 33.4. The Hall–Kier alpha value is -2.18. The van der Waals surface area contributed by atoms with Crippen LogP contribution in [0, 0.1) is 0 Å². The molecule has 1 amide bonds. The van der Waals surface area contributed by atoms with Gasteiger partial charge in [-0.05, 0) is 12.1 Å². The maximum atomic E-state index is 12.0. The molecule has 18 heavy (non-hydrogen) atoms. The van der Waals surface area contributed by atoms with Gasteiger partial charge in [-0.15, -0.1) is 0 Å². The zero-order chi connectivity index (χ0) is 13.1. The van der Waals surface area contributed by atoms with Crippen LogP contribution in [0.25, 0.3) is 0 Å². The molecule has 0 bridgehead atoms. The van der Waals surface area contributed by atoms with Crippen LogP contribution < -0.4 is 4.74 Å². The van der Waals surface area contributed by atoms with Crippen LogP contribution in [-0.2, 0) is 9.53 Å². The number of hydrogen-bond donors (Lipinski definition) is 0. The summed E-state index contributed by atoms with van der Waals surface area (Å²) in [6.07, 6.45) is 0. The van der Waals surface area contributed by atoms with Crippen LogP contribution >= 0.6 is 0 Å². The molecule has 5 nitrogen and oxygen atoms in total. The second kappa shape index (κ2) is 4.99. The molecule has 0 saturated carbocycles. The van der Waals surface area contributed by atoms with Crippen molar-refractivity contribution in [3.05, 3.63) is 24.3 Å². The lowest BCUT2D eigenvalue weighted by molar-refractivity contribution is -0.124. The lowest BCUT2D eigenvalue weighted by atomic mass is 10.3. The fourth-order valence-corrected chi connectivity index (χ4v) is 1.37. The third-order valence-electron chi connectivity index (χ3n) is 2.25. The number of amides is 1. The van der Waals surface area contributed by atoms with E-state index in [1.807, 2.05) is 0 Å². The maximum absolute atomic E-state index is 12.0. The van der Waals surface area contributed by atoms with E-state index in [4.69, 9.17) is 4.74 Å². The van der Waals surface area contributed by atoms with Gasteiger partial charge in [-0.3, -0.25) is 9.69 Å². The highest BCUT2D eigenvalue weighted by Crippen LogP contribution is 2.22. The highest BCUT2D eigenvalue weighted by atomic mass is 19.3. The van der Waals surface area contributed by atoms with Gasteiger partial charge in [0.05, 0.1) is 5.69 Å². The number of carbonyl (C=O) groups is 1. The first-order chi connectivity index (χ1) is 8.56. The van der Waals surface area contributed by atoms with E-state index in [0.29, 0.717) is 5.69 Å². The van der Waals surface area contributed by atoms with Crippen LogP contribution in [0.1, 0.15) is 0 Å². The fraction of sp³-hybridized carbons (Fsp3) is 0.273. The van der Waals surface area contributed by atoms with Crippen LogP contribution in [-0.4, -0.2) is 37.1 Å². The first kappa shape index (κ1) is 12.3. The molecule has 7 heteroatoms. The maximum Gasteiger partial charge on any atom is 0.387 e. The summed E-state index contributed by atoms with van der Waals surface area (Å²) in [6.45, 7) is -2.96. The van der Waals surface area contributed by atoms with E-state index in [-0.39, 0.29) is 24.3 Å². The number of alkyl halides is 2. The van der Waals surface area contributed by atoms with E-state index < -0.39 is 6.61 Å². The number of benzene rings is 1. The summed E-state index contributed by atoms with van der Waals surface area (Å²) in [5.74, 6) is -0.215. The minimum absolute atomic E-state index is 0.00109. The molecule has 0 radical (unpaired) electrons. The van der Waals surface area contributed by atoms with Gasteiger partial charge >= 0.3 is 6.61 Å². The Morgan fingerprint density at radius 2 is 2.28 bits per heavy atom. The van der Waals surface area contributed by atoms with Gasteiger partial charge in [0.15, 0.2) is 6.61 Å². The Kier molecular flexibility index (Phi) is 3.40. The van der Waals surface area contributed by atoms with Gasteiger partial charge in [0, 0.05) is 13.1 Å². The molecular formula is C11H10F2N2O3. The normalized spacial score (nSPS) is 17.4. The average Bonchev–Trinajstić information content (AvgIpc) is 2.61. The smallest absolute Gasteiger partial charge is 0.387 e. The Morgan fingerprint density at radius 1 is 1.50 bits per heavy atom. The van der Waals surface area contributed by atoms with Crippen molar-refractivity contribution in [1.82, 2.24) is 4.90 Å². The summed E-state index contributed by atoms with van der Waals surface area (Å²) in [5.41, 5.74) is 0.365. The molecular weight excluding hydrogens is 246 g/mol. The number of hydrogen-bond acceptors (Lipinski definition) is 4. The van der Waals surface area contributed by atoms with Crippen LogP contribution in [0.2, 0.25) is 0 Å². The van der Waals surface area contributed by atoms with E-state index in [9.17, 15) is 13.6 Å². The topological polar surface area (TPSA) is 51.1 Å². The van der Waals surface area contributed by atoms with Crippen LogP contribution in [0.4, 0.5) is 14.5 Å². The molecule has 0 aromatic heterocycles. The SMILES string of the molecule is CN1C(=O)COC1=Nc1cccc(OC(F)F)c1. The number of carbonyl (C=O) groups excluding carboxylic acids is 1. The molecule has 1 fully saturated rings. The average molecular weight is 256 g/mol. The van der Waals surface area contributed by atoms with Gasteiger partial charge < -0.3 is 9.47 Å². The lowest BCUT2D eigenvalue weighted by Crippen LogP contribution is -2.24. The minimum Gasteiger partial charge on any atom is -0.454 e. The Bertz CT molecular complexity index is 491. The number of nitrogens with zero attached hydrogens (tertiary/aromatic N) is 2. The van der Waals surface area contributed by atoms with E-state index in [2.05, 4.69) is 9.73 Å².